The summed E-state index contributed by atoms with van der Waals surface area (Å²) in [5.74, 6) is 0.489. The van der Waals surface area contributed by atoms with Crippen LogP contribution in [0.5, 0.6) is 0 Å². The molecule has 1 amide bonds. The number of hydrogen-bond acceptors (Lipinski definition) is 5. The van der Waals surface area contributed by atoms with Crippen LogP contribution in [-0.2, 0) is 16.8 Å². The molecule has 1 aliphatic carbocycles. The van der Waals surface area contributed by atoms with E-state index in [4.69, 9.17) is 0 Å². The number of amides is 1. The standard InChI is InChI=1S/C19H27N3OS2/c1-18(2)9-13-14(10-20)17(25-16(13)19(3,4)22-18)21-15(23)11-24-12-7-5-6-8-12/h12,22H,5-9,11H2,1-4H3,(H,21,23). The molecule has 0 radical (unpaired) electrons. The third-order valence-corrected chi connectivity index (χ3v) is 7.80. The molecular weight excluding hydrogens is 350 g/mol. The fraction of sp³-hybridized carbons (Fsp3) is 0.684. The quantitative estimate of drug-likeness (QED) is 0.816. The second-order valence-corrected chi connectivity index (χ2v) is 10.6. The monoisotopic (exact) mass is 377 g/mol. The minimum atomic E-state index is -0.199. The van der Waals surface area contributed by atoms with Gasteiger partial charge in [0.1, 0.15) is 11.1 Å². The third-order valence-electron chi connectivity index (χ3n) is 4.96. The van der Waals surface area contributed by atoms with E-state index in [1.54, 1.807) is 23.1 Å². The number of carbonyl (C=O) groups is 1. The molecule has 1 fully saturated rings. The normalized spacial score (nSPS) is 21.6. The molecule has 4 nitrogen and oxygen atoms in total. The van der Waals surface area contributed by atoms with Crippen LogP contribution in [0.3, 0.4) is 0 Å². The number of anilines is 1. The Bertz CT molecular complexity index is 709. The van der Waals surface area contributed by atoms with Crippen molar-refractivity contribution in [3.63, 3.8) is 0 Å². The summed E-state index contributed by atoms with van der Waals surface area (Å²) in [6, 6.07) is 2.34. The first kappa shape index (κ1) is 18.8. The lowest BCUT2D eigenvalue weighted by Crippen LogP contribution is -2.54. The topological polar surface area (TPSA) is 64.9 Å². The number of hydrogen-bond donors (Lipinski definition) is 2. The van der Waals surface area contributed by atoms with Gasteiger partial charge in [-0.15, -0.1) is 23.1 Å². The molecule has 2 heterocycles. The summed E-state index contributed by atoms with van der Waals surface area (Å²) in [6.07, 6.45) is 5.83. The number of thioether (sulfide) groups is 1. The molecule has 0 spiro atoms. The van der Waals surface area contributed by atoms with Gasteiger partial charge < -0.3 is 10.6 Å². The van der Waals surface area contributed by atoms with E-state index in [9.17, 15) is 10.1 Å². The molecule has 2 aliphatic rings. The minimum Gasteiger partial charge on any atom is -0.316 e. The molecule has 1 aromatic rings. The highest BCUT2D eigenvalue weighted by Gasteiger charge is 2.40. The zero-order chi connectivity index (χ0) is 18.2. The van der Waals surface area contributed by atoms with Crippen molar-refractivity contribution in [2.24, 2.45) is 0 Å². The molecule has 25 heavy (non-hydrogen) atoms. The highest BCUT2D eigenvalue weighted by atomic mass is 32.2. The van der Waals surface area contributed by atoms with E-state index in [1.807, 2.05) is 0 Å². The Morgan fingerprint density at radius 3 is 2.68 bits per heavy atom. The van der Waals surface area contributed by atoms with Crippen molar-refractivity contribution in [3.8, 4) is 6.07 Å². The van der Waals surface area contributed by atoms with Crippen LogP contribution in [-0.4, -0.2) is 22.4 Å². The lowest BCUT2D eigenvalue weighted by Gasteiger charge is -2.42. The number of nitrogens with one attached hydrogen (secondary N) is 2. The number of nitriles is 1. The Balaban J connectivity index is 1.77. The van der Waals surface area contributed by atoms with Crippen molar-refractivity contribution in [3.05, 3.63) is 16.0 Å². The van der Waals surface area contributed by atoms with E-state index in [2.05, 4.69) is 44.4 Å². The Hall–Kier alpha value is -1.03. The van der Waals surface area contributed by atoms with E-state index in [-0.39, 0.29) is 17.0 Å². The maximum Gasteiger partial charge on any atom is 0.235 e. The van der Waals surface area contributed by atoms with Gasteiger partial charge in [0.25, 0.3) is 0 Å². The molecule has 136 valence electrons. The Morgan fingerprint density at radius 2 is 2.04 bits per heavy atom. The average Bonchev–Trinajstić information content (AvgIpc) is 3.11. The third kappa shape index (κ3) is 4.05. The van der Waals surface area contributed by atoms with Crippen LogP contribution >= 0.6 is 23.1 Å². The number of nitrogens with zero attached hydrogens (tertiary/aromatic N) is 1. The smallest absolute Gasteiger partial charge is 0.235 e. The molecule has 0 bridgehead atoms. The first-order valence-electron chi connectivity index (χ1n) is 8.99. The molecule has 1 aromatic heterocycles. The van der Waals surface area contributed by atoms with Crippen LogP contribution in [0.2, 0.25) is 0 Å². The van der Waals surface area contributed by atoms with E-state index in [1.165, 1.54) is 30.6 Å². The maximum absolute atomic E-state index is 12.4. The van der Waals surface area contributed by atoms with Gasteiger partial charge in [0, 0.05) is 21.2 Å². The molecule has 0 atom stereocenters. The van der Waals surface area contributed by atoms with Gasteiger partial charge in [0.15, 0.2) is 0 Å². The van der Waals surface area contributed by atoms with Crippen molar-refractivity contribution in [2.45, 2.75) is 76.1 Å². The molecule has 0 saturated heterocycles. The van der Waals surface area contributed by atoms with E-state index in [0.717, 1.165) is 17.0 Å². The number of thiophene rings is 1. The number of fused-ring (bicyclic) bond motifs is 1. The molecule has 1 aliphatic heterocycles. The van der Waals surface area contributed by atoms with E-state index < -0.39 is 0 Å². The first-order chi connectivity index (χ1) is 11.7. The van der Waals surface area contributed by atoms with Crippen LogP contribution in [0.15, 0.2) is 0 Å². The van der Waals surface area contributed by atoms with Crippen molar-refractivity contribution in [2.75, 3.05) is 11.1 Å². The molecule has 2 N–H and O–H groups in total. The molecule has 1 saturated carbocycles. The number of rotatable bonds is 4. The summed E-state index contributed by atoms with van der Waals surface area (Å²) in [4.78, 5) is 13.6. The van der Waals surface area contributed by atoms with Crippen molar-refractivity contribution >= 4 is 34.0 Å². The summed E-state index contributed by atoms with van der Waals surface area (Å²) in [5, 5.41) is 17.7. The average molecular weight is 378 g/mol. The summed E-state index contributed by atoms with van der Waals surface area (Å²) >= 11 is 3.31. The van der Waals surface area contributed by atoms with E-state index >= 15 is 0 Å². The zero-order valence-electron chi connectivity index (χ0n) is 15.5. The van der Waals surface area contributed by atoms with Crippen molar-refractivity contribution in [1.29, 1.82) is 5.26 Å². The molecule has 3 rings (SSSR count). The van der Waals surface area contributed by atoms with Gasteiger partial charge in [-0.05, 0) is 52.5 Å². The summed E-state index contributed by atoms with van der Waals surface area (Å²) in [7, 11) is 0. The SMILES string of the molecule is CC1(C)Cc2c(sc(NC(=O)CSC3CCCC3)c2C#N)C(C)(C)N1. The lowest BCUT2D eigenvalue weighted by molar-refractivity contribution is -0.113. The van der Waals surface area contributed by atoms with Crippen molar-refractivity contribution in [1.82, 2.24) is 5.32 Å². The largest absolute Gasteiger partial charge is 0.316 e. The summed E-state index contributed by atoms with van der Waals surface area (Å²) in [6.45, 7) is 8.61. The first-order valence-corrected chi connectivity index (χ1v) is 10.9. The van der Waals surface area contributed by atoms with Crippen molar-refractivity contribution < 1.29 is 4.79 Å². The maximum atomic E-state index is 12.4. The number of carbonyl (C=O) groups excluding carboxylic acids is 1. The predicted octanol–water partition coefficient (Wildman–Crippen LogP) is 4.39. The van der Waals surface area contributed by atoms with Crippen LogP contribution in [0.1, 0.15) is 69.4 Å². The lowest BCUT2D eigenvalue weighted by atomic mass is 9.81. The second kappa shape index (κ2) is 6.94. The second-order valence-electron chi connectivity index (χ2n) is 8.30. The van der Waals surface area contributed by atoms with Gasteiger partial charge >= 0.3 is 0 Å². The molecule has 0 unspecified atom stereocenters. The van der Waals surface area contributed by atoms with Gasteiger partial charge in [-0.2, -0.15) is 5.26 Å². The highest BCUT2D eigenvalue weighted by Crippen LogP contribution is 2.44. The summed E-state index contributed by atoms with van der Waals surface area (Å²) < 4.78 is 0. The molecule has 0 aromatic carbocycles. The van der Waals surface area contributed by atoms with Gasteiger partial charge in [0.2, 0.25) is 5.91 Å². The summed E-state index contributed by atoms with van der Waals surface area (Å²) in [5.41, 5.74) is 1.49. The van der Waals surface area contributed by atoms with Crippen LogP contribution in [0, 0.1) is 11.3 Å². The van der Waals surface area contributed by atoms with Crippen LogP contribution in [0.25, 0.3) is 0 Å². The fourth-order valence-electron chi connectivity index (χ4n) is 4.15. The highest BCUT2D eigenvalue weighted by molar-refractivity contribution is 8.00. The Morgan fingerprint density at radius 1 is 1.36 bits per heavy atom. The van der Waals surface area contributed by atoms with Crippen LogP contribution in [0.4, 0.5) is 5.00 Å². The van der Waals surface area contributed by atoms with Gasteiger partial charge in [-0.25, -0.2) is 0 Å². The Labute approximate surface area is 158 Å². The minimum absolute atomic E-state index is 0.0111. The molecular formula is C19H27N3OS2. The van der Waals surface area contributed by atoms with E-state index in [0.29, 0.717) is 16.6 Å². The van der Waals surface area contributed by atoms with Gasteiger partial charge in [0.05, 0.1) is 11.3 Å². The van der Waals surface area contributed by atoms with Gasteiger partial charge in [-0.1, -0.05) is 12.8 Å². The van der Waals surface area contributed by atoms with Gasteiger partial charge in [-0.3, -0.25) is 4.79 Å². The zero-order valence-corrected chi connectivity index (χ0v) is 17.1. The Kier molecular flexibility index (Phi) is 5.21. The molecule has 6 heteroatoms. The van der Waals surface area contributed by atoms with Crippen LogP contribution < -0.4 is 10.6 Å². The predicted molar refractivity (Wildman–Crippen MR) is 106 cm³/mol. The fourth-order valence-corrected chi connectivity index (χ4v) is 6.51.